The zero-order valence-corrected chi connectivity index (χ0v) is 15.1. The molecule has 0 bridgehead atoms. The van der Waals surface area contributed by atoms with Crippen molar-refractivity contribution in [2.24, 2.45) is 0 Å². The van der Waals surface area contributed by atoms with Gasteiger partial charge in [0.15, 0.2) is 9.84 Å². The number of hydrogen-bond acceptors (Lipinski definition) is 4. The van der Waals surface area contributed by atoms with Crippen LogP contribution >= 0.6 is 0 Å². The van der Waals surface area contributed by atoms with Gasteiger partial charge in [0.2, 0.25) is 0 Å². The highest BCUT2D eigenvalue weighted by atomic mass is 32.2. The normalized spacial score (nSPS) is 18.0. The zero-order valence-electron chi connectivity index (χ0n) is 14.2. The highest BCUT2D eigenvalue weighted by molar-refractivity contribution is 7.91. The van der Waals surface area contributed by atoms with Crippen molar-refractivity contribution >= 4 is 9.84 Å². The monoisotopic (exact) mass is 381 g/mol. The van der Waals surface area contributed by atoms with E-state index in [4.69, 9.17) is 0 Å². The van der Waals surface area contributed by atoms with Gasteiger partial charge in [-0.25, -0.2) is 17.2 Å². The minimum absolute atomic E-state index is 0.110. The van der Waals surface area contributed by atoms with E-state index < -0.39 is 27.1 Å². The van der Waals surface area contributed by atoms with Crippen molar-refractivity contribution in [2.45, 2.75) is 12.0 Å². The molecule has 2 aromatic rings. The van der Waals surface area contributed by atoms with E-state index in [1.807, 2.05) is 4.90 Å². The van der Waals surface area contributed by atoms with E-state index in [1.165, 1.54) is 48.5 Å². The Bertz CT molecular complexity index is 792. The van der Waals surface area contributed by atoms with Crippen molar-refractivity contribution in [1.29, 1.82) is 0 Å². The van der Waals surface area contributed by atoms with E-state index in [0.717, 1.165) is 0 Å². The lowest BCUT2D eigenvalue weighted by Crippen LogP contribution is -2.43. The predicted octanol–water partition coefficient (Wildman–Crippen LogP) is 2.32. The molecular weight excluding hydrogens is 360 g/mol. The molecule has 1 fully saturated rings. The van der Waals surface area contributed by atoms with Crippen LogP contribution in [0.1, 0.15) is 17.5 Å². The minimum atomic E-state index is -2.97. The topological polar surface area (TPSA) is 57.6 Å². The first-order valence-electron chi connectivity index (χ1n) is 8.46. The van der Waals surface area contributed by atoms with Gasteiger partial charge in [-0.3, -0.25) is 0 Å². The molecule has 0 amide bonds. The zero-order chi connectivity index (χ0) is 18.8. The average molecular weight is 381 g/mol. The molecule has 26 heavy (non-hydrogen) atoms. The number of rotatable bonds is 5. The van der Waals surface area contributed by atoms with Crippen LogP contribution in [0.25, 0.3) is 0 Å². The second-order valence-corrected chi connectivity index (χ2v) is 8.92. The number of nitrogens with zero attached hydrogens (tertiary/aromatic N) is 1. The van der Waals surface area contributed by atoms with Crippen LogP contribution in [0, 0.1) is 11.6 Å². The maximum Gasteiger partial charge on any atom is 0.152 e. The van der Waals surface area contributed by atoms with E-state index in [1.54, 1.807) is 0 Å². The Morgan fingerprint density at radius 1 is 0.885 bits per heavy atom. The summed E-state index contributed by atoms with van der Waals surface area (Å²) in [6.45, 7) is 1.32. The summed E-state index contributed by atoms with van der Waals surface area (Å²) in [4.78, 5) is 1.99. The van der Waals surface area contributed by atoms with Gasteiger partial charge in [0.25, 0.3) is 0 Å². The van der Waals surface area contributed by atoms with Gasteiger partial charge in [-0.15, -0.1) is 0 Å². The molecule has 0 atom stereocenters. The van der Waals surface area contributed by atoms with Gasteiger partial charge in [-0.05, 0) is 41.8 Å². The van der Waals surface area contributed by atoms with E-state index in [9.17, 15) is 22.3 Å². The van der Waals surface area contributed by atoms with Crippen molar-refractivity contribution in [3.8, 4) is 0 Å². The third kappa shape index (κ3) is 4.28. The Morgan fingerprint density at radius 2 is 1.31 bits per heavy atom. The van der Waals surface area contributed by atoms with E-state index in [-0.39, 0.29) is 17.9 Å². The van der Waals surface area contributed by atoms with Gasteiger partial charge < -0.3 is 10.0 Å². The third-order valence-electron chi connectivity index (χ3n) is 4.87. The number of aliphatic hydroxyl groups is 1. The molecule has 1 saturated heterocycles. The smallest absolute Gasteiger partial charge is 0.152 e. The van der Waals surface area contributed by atoms with Gasteiger partial charge in [0, 0.05) is 19.6 Å². The lowest BCUT2D eigenvalue weighted by molar-refractivity contribution is 0.0583. The molecule has 1 heterocycles. The van der Waals surface area contributed by atoms with Crippen molar-refractivity contribution < 1.29 is 22.3 Å². The van der Waals surface area contributed by atoms with Crippen LogP contribution in [0.15, 0.2) is 48.5 Å². The summed E-state index contributed by atoms with van der Waals surface area (Å²) in [6, 6.07) is 11.2. The van der Waals surface area contributed by atoms with Crippen molar-refractivity contribution in [1.82, 2.24) is 4.90 Å². The lowest BCUT2D eigenvalue weighted by atomic mass is 9.83. The summed E-state index contributed by atoms with van der Waals surface area (Å²) in [6.07, 6.45) is 0.282. The molecule has 0 spiro atoms. The van der Waals surface area contributed by atoms with Crippen LogP contribution in [0.2, 0.25) is 0 Å². The Morgan fingerprint density at radius 3 is 1.73 bits per heavy atom. The molecule has 0 unspecified atom stereocenters. The van der Waals surface area contributed by atoms with E-state index >= 15 is 0 Å². The maximum absolute atomic E-state index is 13.3. The van der Waals surface area contributed by atoms with Gasteiger partial charge in [-0.1, -0.05) is 24.3 Å². The maximum atomic E-state index is 13.3. The summed E-state index contributed by atoms with van der Waals surface area (Å²) in [5, 5.41) is 11.4. The fourth-order valence-corrected chi connectivity index (χ4v) is 4.48. The Kier molecular flexibility index (Phi) is 5.41. The first kappa shape index (κ1) is 18.9. The highest BCUT2D eigenvalue weighted by Crippen LogP contribution is 2.33. The van der Waals surface area contributed by atoms with E-state index in [2.05, 4.69) is 0 Å². The molecule has 1 aliphatic heterocycles. The standard InChI is InChI=1S/C19H21F2NO3S/c20-17-5-1-15(2-6-17)19(23,16-3-7-18(21)8-4-16)9-10-22-11-13-26(24,25)14-12-22/h1-8,23H,9-14H2. The number of hydrogen-bond donors (Lipinski definition) is 1. The van der Waals surface area contributed by atoms with Crippen molar-refractivity contribution in [3.63, 3.8) is 0 Å². The lowest BCUT2D eigenvalue weighted by Gasteiger charge is -2.33. The summed E-state index contributed by atoms with van der Waals surface area (Å²) < 4.78 is 49.7. The molecule has 2 aromatic carbocycles. The molecule has 0 aliphatic carbocycles. The van der Waals surface area contributed by atoms with Gasteiger partial charge in [0.1, 0.15) is 17.2 Å². The molecule has 140 valence electrons. The first-order valence-corrected chi connectivity index (χ1v) is 10.3. The van der Waals surface area contributed by atoms with Gasteiger partial charge >= 0.3 is 0 Å². The van der Waals surface area contributed by atoms with Crippen LogP contribution in [0.3, 0.4) is 0 Å². The summed E-state index contributed by atoms with van der Waals surface area (Å²) in [5.74, 6) is -0.593. The quantitative estimate of drug-likeness (QED) is 0.864. The van der Waals surface area contributed by atoms with Crippen molar-refractivity contribution in [2.75, 3.05) is 31.1 Å². The predicted molar refractivity (Wildman–Crippen MR) is 95.5 cm³/mol. The minimum Gasteiger partial charge on any atom is -0.380 e. The molecule has 3 rings (SSSR count). The SMILES string of the molecule is O=S1(=O)CCN(CCC(O)(c2ccc(F)cc2)c2ccc(F)cc2)CC1. The molecule has 0 saturated carbocycles. The van der Waals surface area contributed by atoms with Gasteiger partial charge in [-0.2, -0.15) is 0 Å². The number of sulfone groups is 1. The summed E-state index contributed by atoms with van der Waals surface area (Å²) in [7, 11) is -2.97. The molecular formula is C19H21F2NO3S. The second kappa shape index (κ2) is 7.42. The van der Waals surface area contributed by atoms with Gasteiger partial charge in [0.05, 0.1) is 11.5 Å². The van der Waals surface area contributed by atoms with Crippen LogP contribution in [0.4, 0.5) is 8.78 Å². The van der Waals surface area contributed by atoms with Crippen LogP contribution in [-0.2, 0) is 15.4 Å². The summed E-state index contributed by atoms with van der Waals surface area (Å²) in [5.41, 5.74) is -0.400. The molecule has 1 N–H and O–H groups in total. The number of halogens is 2. The van der Waals surface area contributed by atoms with Crippen LogP contribution < -0.4 is 0 Å². The van der Waals surface area contributed by atoms with Crippen molar-refractivity contribution in [3.05, 3.63) is 71.3 Å². The van der Waals surface area contributed by atoms with Crippen LogP contribution in [-0.4, -0.2) is 49.6 Å². The first-order chi connectivity index (χ1) is 12.3. The fraction of sp³-hybridized carbons (Fsp3) is 0.368. The van der Waals surface area contributed by atoms with E-state index in [0.29, 0.717) is 30.8 Å². The Labute approximate surface area is 152 Å². The molecule has 0 aromatic heterocycles. The fourth-order valence-electron chi connectivity index (χ4n) is 3.20. The Balaban J connectivity index is 1.83. The second-order valence-electron chi connectivity index (χ2n) is 6.62. The molecule has 1 aliphatic rings. The Hall–Kier alpha value is -1.83. The largest absolute Gasteiger partial charge is 0.380 e. The molecule has 4 nitrogen and oxygen atoms in total. The third-order valence-corrected chi connectivity index (χ3v) is 6.48. The number of benzene rings is 2. The molecule has 0 radical (unpaired) electrons. The highest BCUT2D eigenvalue weighted by Gasteiger charge is 2.33. The average Bonchev–Trinajstić information content (AvgIpc) is 2.61. The van der Waals surface area contributed by atoms with Crippen LogP contribution in [0.5, 0.6) is 0 Å². The molecule has 7 heteroatoms. The summed E-state index contributed by atoms with van der Waals surface area (Å²) >= 11 is 0.